The highest BCUT2D eigenvalue weighted by molar-refractivity contribution is 5.87. The van der Waals surface area contributed by atoms with Gasteiger partial charge in [-0.2, -0.15) is 0 Å². The zero-order chi connectivity index (χ0) is 18.1. The first kappa shape index (κ1) is 16.8. The van der Waals surface area contributed by atoms with Gasteiger partial charge in [-0.1, -0.05) is 0 Å². The normalized spacial score (nSPS) is 22.5. The number of carbonyl (C=O) groups is 1. The van der Waals surface area contributed by atoms with E-state index in [1.165, 1.54) is 0 Å². The molecule has 1 unspecified atom stereocenters. The van der Waals surface area contributed by atoms with Gasteiger partial charge < -0.3 is 19.7 Å². The van der Waals surface area contributed by atoms with Crippen molar-refractivity contribution in [3.63, 3.8) is 0 Å². The number of likely N-dealkylation sites (N-methyl/N-ethyl adjacent to an activating group) is 1. The van der Waals surface area contributed by atoms with Crippen molar-refractivity contribution in [1.82, 2.24) is 24.8 Å². The number of nitrogens with zero attached hydrogens (tertiary/aromatic N) is 6. The summed E-state index contributed by atoms with van der Waals surface area (Å²) in [7, 11) is 1.85. The number of anilines is 1. The van der Waals surface area contributed by atoms with Gasteiger partial charge in [0.15, 0.2) is 0 Å². The first-order valence-electron chi connectivity index (χ1n) is 9.13. The molecule has 2 amide bonds. The maximum absolute atomic E-state index is 13.0. The highest BCUT2D eigenvalue weighted by Crippen LogP contribution is 2.40. The van der Waals surface area contributed by atoms with Gasteiger partial charge in [0.05, 0.1) is 17.5 Å². The van der Waals surface area contributed by atoms with Crippen LogP contribution in [0.15, 0.2) is 23.6 Å². The van der Waals surface area contributed by atoms with E-state index in [2.05, 4.69) is 36.5 Å². The molecule has 2 saturated heterocycles. The van der Waals surface area contributed by atoms with Gasteiger partial charge >= 0.3 is 6.03 Å². The quantitative estimate of drug-likeness (QED) is 0.848. The van der Waals surface area contributed by atoms with Gasteiger partial charge in [-0.3, -0.25) is 4.99 Å². The Morgan fingerprint density at radius 2 is 2.31 bits per heavy atom. The Kier molecular flexibility index (Phi) is 4.26. The van der Waals surface area contributed by atoms with E-state index in [4.69, 9.17) is 0 Å². The van der Waals surface area contributed by atoms with Crippen LogP contribution in [0.1, 0.15) is 19.3 Å². The summed E-state index contributed by atoms with van der Waals surface area (Å²) in [6, 6.07) is 2.12. The topological polar surface area (TPSA) is 80.7 Å². The lowest BCUT2D eigenvalue weighted by atomic mass is 9.95. The van der Waals surface area contributed by atoms with Gasteiger partial charge in [-0.15, -0.1) is 0 Å². The van der Waals surface area contributed by atoms with Gasteiger partial charge in [0, 0.05) is 39.4 Å². The second-order valence-electron chi connectivity index (χ2n) is 7.24. The summed E-state index contributed by atoms with van der Waals surface area (Å²) in [5.74, 6) is 0.955. The molecule has 0 aromatic carbocycles. The summed E-state index contributed by atoms with van der Waals surface area (Å²) < 4.78 is 0. The lowest BCUT2D eigenvalue weighted by molar-refractivity contribution is 0.128. The van der Waals surface area contributed by atoms with Crippen LogP contribution in [0.4, 0.5) is 10.6 Å². The van der Waals surface area contributed by atoms with Crippen molar-refractivity contribution in [2.45, 2.75) is 24.8 Å². The number of aromatic amines is 1. The van der Waals surface area contributed by atoms with Gasteiger partial charge in [0.1, 0.15) is 17.8 Å². The summed E-state index contributed by atoms with van der Waals surface area (Å²) >= 11 is 0. The fourth-order valence-electron chi connectivity index (χ4n) is 4.33. The number of amides is 2. The molecule has 8 heteroatoms. The molecule has 1 spiro atoms. The number of fused-ring (bicyclic) bond motifs is 1. The van der Waals surface area contributed by atoms with E-state index in [1.54, 1.807) is 11.2 Å². The molecule has 138 valence electrons. The Hall–Kier alpha value is -2.64. The number of carbonyl (C=O) groups excluding carboxylic acids is 1. The van der Waals surface area contributed by atoms with Crippen LogP contribution < -0.4 is 4.90 Å². The summed E-state index contributed by atoms with van der Waals surface area (Å²) in [4.78, 5) is 34.9. The summed E-state index contributed by atoms with van der Waals surface area (Å²) in [6.45, 7) is 7.22. The summed E-state index contributed by atoms with van der Waals surface area (Å²) in [5.41, 5.74) is 0.757. The molecule has 0 bridgehead atoms. The molecule has 2 aromatic heterocycles. The van der Waals surface area contributed by atoms with Gasteiger partial charge in [0.2, 0.25) is 0 Å². The molecule has 1 N–H and O–H groups in total. The third kappa shape index (κ3) is 2.69. The van der Waals surface area contributed by atoms with Gasteiger partial charge in [-0.25, -0.2) is 14.8 Å². The second kappa shape index (κ2) is 6.59. The SMILES string of the molecule is C=NCCN(C)C(=O)N1CCCC12CCN(c1ncnc3[nH]ccc13)C2. The molecule has 2 fully saturated rings. The molecular formula is C18H25N7O. The van der Waals surface area contributed by atoms with Crippen LogP contribution in [0.3, 0.4) is 0 Å². The van der Waals surface area contributed by atoms with Gasteiger partial charge in [0.25, 0.3) is 0 Å². The second-order valence-corrected chi connectivity index (χ2v) is 7.24. The number of hydrogen-bond acceptors (Lipinski definition) is 5. The minimum atomic E-state index is -0.0967. The maximum atomic E-state index is 13.0. The van der Waals surface area contributed by atoms with Crippen LogP contribution in [-0.4, -0.2) is 82.8 Å². The number of aliphatic imine (C=N–C) groups is 1. The average molecular weight is 355 g/mol. The average Bonchev–Trinajstić information content (AvgIpc) is 3.39. The predicted molar refractivity (Wildman–Crippen MR) is 102 cm³/mol. The minimum Gasteiger partial charge on any atom is -0.354 e. The Morgan fingerprint density at radius 1 is 1.42 bits per heavy atom. The van der Waals surface area contributed by atoms with Crippen molar-refractivity contribution in [1.29, 1.82) is 0 Å². The number of likely N-dealkylation sites (tertiary alicyclic amines) is 1. The van der Waals surface area contributed by atoms with Crippen molar-refractivity contribution in [2.24, 2.45) is 4.99 Å². The van der Waals surface area contributed by atoms with Crippen molar-refractivity contribution >= 4 is 29.6 Å². The number of aromatic nitrogens is 3. The van der Waals surface area contributed by atoms with Crippen LogP contribution >= 0.6 is 0 Å². The molecule has 26 heavy (non-hydrogen) atoms. The van der Waals surface area contributed by atoms with E-state index in [0.29, 0.717) is 13.1 Å². The lowest BCUT2D eigenvalue weighted by Gasteiger charge is -2.37. The van der Waals surface area contributed by atoms with Crippen LogP contribution in [0.25, 0.3) is 11.0 Å². The number of hydrogen-bond donors (Lipinski definition) is 1. The van der Waals surface area contributed by atoms with Crippen molar-refractivity contribution < 1.29 is 4.79 Å². The van der Waals surface area contributed by atoms with E-state index in [9.17, 15) is 4.79 Å². The fraction of sp³-hybridized carbons (Fsp3) is 0.556. The highest BCUT2D eigenvalue weighted by Gasteiger charge is 2.49. The molecule has 4 rings (SSSR count). The molecular weight excluding hydrogens is 330 g/mol. The van der Waals surface area contributed by atoms with E-state index in [0.717, 1.165) is 55.7 Å². The van der Waals surface area contributed by atoms with Crippen molar-refractivity contribution in [3.05, 3.63) is 18.6 Å². The monoisotopic (exact) mass is 355 g/mol. The Morgan fingerprint density at radius 3 is 3.15 bits per heavy atom. The molecule has 2 aliphatic heterocycles. The standard InChI is InChI=1S/C18H25N7O/c1-19-8-11-23(2)17(26)25-9-3-5-18(25)6-10-24(12-18)16-14-4-7-20-15(14)21-13-22-16/h4,7,13H,1,3,5-6,8-12H2,2H3,(H,20,21,22). The van der Waals surface area contributed by atoms with Crippen LogP contribution in [-0.2, 0) is 0 Å². The maximum Gasteiger partial charge on any atom is 0.320 e. The molecule has 0 saturated carbocycles. The number of rotatable bonds is 4. The molecule has 2 aliphatic rings. The smallest absolute Gasteiger partial charge is 0.320 e. The number of nitrogens with one attached hydrogen (secondary N) is 1. The van der Waals surface area contributed by atoms with Crippen molar-refractivity contribution in [2.75, 3.05) is 44.7 Å². The summed E-state index contributed by atoms with van der Waals surface area (Å²) in [5, 5.41) is 1.04. The molecule has 1 atom stereocenters. The Bertz CT molecular complexity index is 819. The number of H-pyrrole nitrogens is 1. The van der Waals surface area contributed by atoms with Crippen molar-refractivity contribution in [3.8, 4) is 0 Å². The molecule has 0 aliphatic carbocycles. The van der Waals surface area contributed by atoms with Crippen LogP contribution in [0, 0.1) is 0 Å². The molecule has 4 heterocycles. The molecule has 8 nitrogen and oxygen atoms in total. The highest BCUT2D eigenvalue weighted by atomic mass is 16.2. The largest absolute Gasteiger partial charge is 0.354 e. The van der Waals surface area contributed by atoms with E-state index in [1.807, 2.05) is 19.3 Å². The van der Waals surface area contributed by atoms with E-state index >= 15 is 0 Å². The Balaban J connectivity index is 1.55. The first-order valence-corrected chi connectivity index (χ1v) is 9.13. The Labute approximate surface area is 152 Å². The first-order chi connectivity index (χ1) is 12.6. The van der Waals surface area contributed by atoms with Crippen LogP contribution in [0.5, 0.6) is 0 Å². The van der Waals surface area contributed by atoms with E-state index in [-0.39, 0.29) is 11.6 Å². The predicted octanol–water partition coefficient (Wildman–Crippen LogP) is 1.75. The molecule has 0 radical (unpaired) electrons. The molecule has 2 aromatic rings. The van der Waals surface area contributed by atoms with E-state index < -0.39 is 0 Å². The number of urea groups is 1. The fourth-order valence-corrected chi connectivity index (χ4v) is 4.33. The third-order valence-electron chi connectivity index (χ3n) is 5.71. The zero-order valence-electron chi connectivity index (χ0n) is 15.2. The minimum absolute atomic E-state index is 0.0967. The van der Waals surface area contributed by atoms with Crippen LogP contribution in [0.2, 0.25) is 0 Å². The van der Waals surface area contributed by atoms with Gasteiger partial charge in [-0.05, 0) is 32.0 Å². The summed E-state index contributed by atoms with van der Waals surface area (Å²) in [6.07, 6.45) is 6.57. The zero-order valence-corrected chi connectivity index (χ0v) is 15.2. The lowest BCUT2D eigenvalue weighted by Crippen LogP contribution is -2.53. The third-order valence-corrected chi connectivity index (χ3v) is 5.71.